The zero-order chi connectivity index (χ0) is 27.3. The number of carboxylic acid groups (broad SMARTS) is 1. The summed E-state index contributed by atoms with van der Waals surface area (Å²) in [5.74, 6) is 1.70. The Hall–Kier alpha value is -3.22. The van der Waals surface area contributed by atoms with Gasteiger partial charge in [0, 0.05) is 25.7 Å². The lowest BCUT2D eigenvalue weighted by atomic mass is 9.91. The fourth-order valence-corrected chi connectivity index (χ4v) is 5.17. The molecule has 2 aromatic rings. The van der Waals surface area contributed by atoms with Gasteiger partial charge in [-0.15, -0.1) is 0 Å². The number of carbonyl (C=O) groups is 2. The van der Waals surface area contributed by atoms with Crippen LogP contribution in [0.1, 0.15) is 74.7 Å². The van der Waals surface area contributed by atoms with Crippen LogP contribution in [0.25, 0.3) is 0 Å². The first-order valence-electron chi connectivity index (χ1n) is 13.8. The van der Waals surface area contributed by atoms with E-state index < -0.39 is 5.97 Å². The molecule has 2 N–H and O–H groups in total. The van der Waals surface area contributed by atoms with Crippen LogP contribution in [-0.4, -0.2) is 50.3 Å². The zero-order valence-corrected chi connectivity index (χ0v) is 23.2. The molecule has 1 heterocycles. The molecule has 2 aromatic carbocycles. The van der Waals surface area contributed by atoms with Crippen LogP contribution < -0.4 is 19.7 Å². The lowest BCUT2D eigenvalue weighted by molar-refractivity contribution is -0.137. The summed E-state index contributed by atoms with van der Waals surface area (Å²) in [6.45, 7) is 9.22. The van der Waals surface area contributed by atoms with Gasteiger partial charge in [0.05, 0.1) is 31.4 Å². The first-order valence-corrected chi connectivity index (χ1v) is 13.8. The molecule has 1 aliphatic carbocycles. The molecule has 38 heavy (non-hydrogen) atoms. The smallest absolute Gasteiger partial charge is 0.303 e. The van der Waals surface area contributed by atoms with Gasteiger partial charge in [-0.3, -0.25) is 9.59 Å². The van der Waals surface area contributed by atoms with Gasteiger partial charge >= 0.3 is 5.97 Å². The van der Waals surface area contributed by atoms with Gasteiger partial charge in [0.2, 0.25) is 0 Å². The van der Waals surface area contributed by atoms with E-state index in [0.717, 1.165) is 61.5 Å². The van der Waals surface area contributed by atoms with Crippen LogP contribution in [0.2, 0.25) is 0 Å². The average Bonchev–Trinajstić information content (AvgIpc) is 3.74. The van der Waals surface area contributed by atoms with Crippen LogP contribution in [-0.2, 0) is 4.79 Å². The first kappa shape index (κ1) is 27.8. The van der Waals surface area contributed by atoms with E-state index in [-0.39, 0.29) is 23.7 Å². The third-order valence-electron chi connectivity index (χ3n) is 7.54. The zero-order valence-electron chi connectivity index (χ0n) is 23.2. The Morgan fingerprint density at radius 1 is 1.05 bits per heavy atom. The van der Waals surface area contributed by atoms with E-state index in [1.54, 1.807) is 7.11 Å². The van der Waals surface area contributed by atoms with Gasteiger partial charge < -0.3 is 24.8 Å². The van der Waals surface area contributed by atoms with E-state index in [0.29, 0.717) is 30.6 Å². The second-order valence-corrected chi connectivity index (χ2v) is 12.0. The molecule has 1 atom stereocenters. The molecule has 2 aliphatic rings. The van der Waals surface area contributed by atoms with Crippen molar-refractivity contribution in [3.63, 3.8) is 0 Å². The van der Waals surface area contributed by atoms with Crippen molar-refractivity contribution in [2.24, 2.45) is 17.3 Å². The molecule has 4 rings (SSSR count). The van der Waals surface area contributed by atoms with Crippen molar-refractivity contribution in [3.8, 4) is 11.5 Å². The molecule has 2 fully saturated rings. The molecule has 7 heteroatoms. The SMILES string of the molecule is COc1ccc(C(=O)NCC(C)(C)C)c(N2CCC(COc3cccc(C(CC(=O)O)C4CC4)c3)CC2)c1. The highest BCUT2D eigenvalue weighted by Gasteiger charge is 2.34. The number of carbonyl (C=O) groups excluding carboxylic acids is 1. The topological polar surface area (TPSA) is 88.1 Å². The number of anilines is 1. The Morgan fingerprint density at radius 3 is 2.42 bits per heavy atom. The summed E-state index contributed by atoms with van der Waals surface area (Å²) < 4.78 is 11.7. The minimum absolute atomic E-state index is 0.00915. The quantitative estimate of drug-likeness (QED) is 0.392. The van der Waals surface area contributed by atoms with Gasteiger partial charge in [-0.25, -0.2) is 0 Å². The largest absolute Gasteiger partial charge is 0.497 e. The highest BCUT2D eigenvalue weighted by Crippen LogP contribution is 2.45. The van der Waals surface area contributed by atoms with Crippen LogP contribution in [0.3, 0.4) is 0 Å². The Kier molecular flexibility index (Phi) is 8.85. The summed E-state index contributed by atoms with van der Waals surface area (Å²) in [7, 11) is 1.64. The molecule has 1 saturated carbocycles. The first-order chi connectivity index (χ1) is 18.1. The lowest BCUT2D eigenvalue weighted by Crippen LogP contribution is -2.38. The second-order valence-electron chi connectivity index (χ2n) is 12.0. The van der Waals surface area contributed by atoms with Crippen molar-refractivity contribution in [2.75, 3.05) is 38.3 Å². The summed E-state index contributed by atoms with van der Waals surface area (Å²) in [4.78, 5) is 26.7. The number of nitrogens with zero attached hydrogens (tertiary/aromatic N) is 1. The molecule has 206 valence electrons. The predicted molar refractivity (Wildman–Crippen MR) is 149 cm³/mol. The fraction of sp³-hybridized carbons (Fsp3) is 0.548. The number of hydrogen-bond acceptors (Lipinski definition) is 5. The van der Waals surface area contributed by atoms with Crippen molar-refractivity contribution >= 4 is 17.6 Å². The summed E-state index contributed by atoms with van der Waals surface area (Å²) in [5, 5.41) is 12.4. The number of benzene rings is 2. The number of ether oxygens (including phenoxy) is 2. The highest BCUT2D eigenvalue weighted by molar-refractivity contribution is 6.00. The Balaban J connectivity index is 1.35. The number of methoxy groups -OCH3 is 1. The Bertz CT molecular complexity index is 1110. The fourth-order valence-electron chi connectivity index (χ4n) is 5.17. The molecule has 1 saturated heterocycles. The van der Waals surface area contributed by atoms with Crippen molar-refractivity contribution in [1.29, 1.82) is 0 Å². The minimum atomic E-state index is -0.745. The maximum atomic E-state index is 13.0. The summed E-state index contributed by atoms with van der Waals surface area (Å²) in [6, 6.07) is 13.6. The summed E-state index contributed by atoms with van der Waals surface area (Å²) in [6.07, 6.45) is 4.31. The van der Waals surface area contributed by atoms with E-state index >= 15 is 0 Å². The van der Waals surface area contributed by atoms with Gasteiger partial charge in [-0.05, 0) is 78.7 Å². The molecular formula is C31H42N2O5. The van der Waals surface area contributed by atoms with Crippen molar-refractivity contribution in [3.05, 3.63) is 53.6 Å². The molecule has 1 unspecified atom stereocenters. The number of carboxylic acids is 1. The lowest BCUT2D eigenvalue weighted by Gasteiger charge is -2.34. The highest BCUT2D eigenvalue weighted by atomic mass is 16.5. The van der Waals surface area contributed by atoms with Gasteiger partial charge in [0.1, 0.15) is 11.5 Å². The number of piperidine rings is 1. The van der Waals surface area contributed by atoms with Crippen LogP contribution in [0.5, 0.6) is 11.5 Å². The van der Waals surface area contributed by atoms with E-state index in [1.165, 1.54) is 0 Å². The van der Waals surface area contributed by atoms with Gasteiger partial charge in [-0.1, -0.05) is 32.9 Å². The monoisotopic (exact) mass is 522 g/mol. The molecular weight excluding hydrogens is 480 g/mol. The molecule has 0 spiro atoms. The van der Waals surface area contributed by atoms with Crippen LogP contribution in [0.4, 0.5) is 5.69 Å². The number of aliphatic carboxylic acids is 1. The van der Waals surface area contributed by atoms with Crippen molar-refractivity contribution < 1.29 is 24.2 Å². The number of rotatable bonds is 11. The third-order valence-corrected chi connectivity index (χ3v) is 7.54. The van der Waals surface area contributed by atoms with E-state index in [2.05, 4.69) is 31.0 Å². The van der Waals surface area contributed by atoms with Gasteiger partial charge in [-0.2, -0.15) is 0 Å². The van der Waals surface area contributed by atoms with Crippen LogP contribution >= 0.6 is 0 Å². The van der Waals surface area contributed by atoms with Crippen molar-refractivity contribution in [1.82, 2.24) is 5.32 Å². The van der Waals surface area contributed by atoms with E-state index in [1.807, 2.05) is 42.5 Å². The second kappa shape index (κ2) is 12.1. The molecule has 7 nitrogen and oxygen atoms in total. The molecule has 0 radical (unpaired) electrons. The molecule has 1 aliphatic heterocycles. The Labute approximate surface area is 226 Å². The average molecular weight is 523 g/mol. The van der Waals surface area contributed by atoms with Crippen LogP contribution in [0, 0.1) is 17.3 Å². The van der Waals surface area contributed by atoms with Gasteiger partial charge in [0.25, 0.3) is 5.91 Å². The maximum absolute atomic E-state index is 13.0. The maximum Gasteiger partial charge on any atom is 0.303 e. The number of nitrogens with one attached hydrogen (secondary N) is 1. The number of hydrogen-bond donors (Lipinski definition) is 2. The summed E-state index contributed by atoms with van der Waals surface area (Å²) in [5.41, 5.74) is 2.66. The van der Waals surface area contributed by atoms with Gasteiger partial charge in [0.15, 0.2) is 0 Å². The van der Waals surface area contributed by atoms with Crippen LogP contribution in [0.15, 0.2) is 42.5 Å². The van der Waals surface area contributed by atoms with Crippen molar-refractivity contribution in [2.45, 2.75) is 58.8 Å². The van der Waals surface area contributed by atoms with E-state index in [9.17, 15) is 14.7 Å². The minimum Gasteiger partial charge on any atom is -0.497 e. The molecule has 0 bridgehead atoms. The molecule has 0 aromatic heterocycles. The standard InChI is InChI=1S/C31H42N2O5/c1-31(2,3)20-32-30(36)26-11-10-24(37-4)17-28(26)33-14-12-21(13-15-33)19-38-25-7-5-6-23(16-25)27(18-29(34)35)22-8-9-22/h5-7,10-11,16-17,21-22,27H,8-9,12-15,18-20H2,1-4H3,(H,32,36)(H,34,35). The Morgan fingerprint density at radius 2 is 1.79 bits per heavy atom. The summed E-state index contributed by atoms with van der Waals surface area (Å²) >= 11 is 0. The normalized spacial score (nSPS) is 17.1. The molecule has 1 amide bonds. The van der Waals surface area contributed by atoms with E-state index in [4.69, 9.17) is 9.47 Å². The third kappa shape index (κ3) is 7.65. The number of amides is 1. The predicted octanol–water partition coefficient (Wildman–Crippen LogP) is 5.73.